The fourth-order valence-corrected chi connectivity index (χ4v) is 1.86. The van der Waals surface area contributed by atoms with Crippen LogP contribution in [0.1, 0.15) is 15.9 Å². The molecule has 2 rings (SSSR count). The number of hydrogen-bond acceptors (Lipinski definition) is 2. The van der Waals surface area contributed by atoms with E-state index < -0.39 is 0 Å². The van der Waals surface area contributed by atoms with Gasteiger partial charge in [-0.3, -0.25) is 9.59 Å². The summed E-state index contributed by atoms with van der Waals surface area (Å²) in [6.07, 6.45) is 1.50. The van der Waals surface area contributed by atoms with E-state index in [4.69, 9.17) is 11.6 Å². The third-order valence-electron chi connectivity index (χ3n) is 2.73. The third-order valence-corrected chi connectivity index (χ3v) is 2.98. The zero-order valence-corrected chi connectivity index (χ0v) is 11.1. The lowest BCUT2D eigenvalue weighted by Crippen LogP contribution is -2.31. The van der Waals surface area contributed by atoms with Crippen LogP contribution in [0.5, 0.6) is 0 Å². The fourth-order valence-electron chi connectivity index (χ4n) is 1.73. The Balaban J connectivity index is 2.14. The van der Waals surface area contributed by atoms with Gasteiger partial charge in [0.15, 0.2) is 0 Å². The summed E-state index contributed by atoms with van der Waals surface area (Å²) in [4.78, 5) is 27.6. The normalized spacial score (nSPS) is 10.2. The number of carbonyl (C=O) groups is 1. The van der Waals surface area contributed by atoms with Gasteiger partial charge in [0.1, 0.15) is 5.56 Å². The Morgan fingerprint density at radius 2 is 1.95 bits per heavy atom. The van der Waals surface area contributed by atoms with Crippen molar-refractivity contribution in [3.05, 3.63) is 69.1 Å². The molecule has 0 atom stereocenters. The number of nitrogens with zero attached hydrogens (tertiary/aromatic N) is 1. The van der Waals surface area contributed by atoms with Gasteiger partial charge in [0.05, 0.1) is 0 Å². The first kappa shape index (κ1) is 13.4. The third kappa shape index (κ3) is 3.23. The standard InChI is InChI=1S/C14H13ClN2O2/c1-17(9-10-4-6-11(15)7-5-10)14(19)12-3-2-8-16-13(12)18/h2-8H,9H2,1H3,(H,16,18). The van der Waals surface area contributed by atoms with Crippen LogP contribution in [0.4, 0.5) is 0 Å². The second-order valence-corrected chi connectivity index (χ2v) is 4.64. The van der Waals surface area contributed by atoms with Gasteiger partial charge in [-0.15, -0.1) is 0 Å². The molecule has 1 N–H and O–H groups in total. The molecule has 0 radical (unpaired) electrons. The maximum absolute atomic E-state index is 12.1. The molecule has 0 aliphatic rings. The second-order valence-electron chi connectivity index (χ2n) is 4.20. The molecule has 0 saturated carbocycles. The summed E-state index contributed by atoms with van der Waals surface area (Å²) in [5.74, 6) is -0.309. The zero-order chi connectivity index (χ0) is 13.8. The van der Waals surface area contributed by atoms with E-state index >= 15 is 0 Å². The van der Waals surface area contributed by atoms with Crippen molar-refractivity contribution >= 4 is 17.5 Å². The van der Waals surface area contributed by atoms with Crippen molar-refractivity contribution in [1.82, 2.24) is 9.88 Å². The number of benzene rings is 1. The summed E-state index contributed by atoms with van der Waals surface area (Å²) in [6, 6.07) is 10.4. The van der Waals surface area contributed by atoms with Gasteiger partial charge in [-0.05, 0) is 29.8 Å². The molecule has 1 amide bonds. The fraction of sp³-hybridized carbons (Fsp3) is 0.143. The molecule has 0 saturated heterocycles. The Bertz CT molecular complexity index is 634. The molecule has 0 spiro atoms. The number of aromatic amines is 1. The number of halogens is 1. The van der Waals surface area contributed by atoms with E-state index in [1.165, 1.54) is 17.2 Å². The molecule has 1 aromatic carbocycles. The first-order valence-electron chi connectivity index (χ1n) is 5.75. The van der Waals surface area contributed by atoms with Crippen molar-refractivity contribution in [1.29, 1.82) is 0 Å². The molecule has 1 heterocycles. The minimum Gasteiger partial charge on any atom is -0.337 e. The van der Waals surface area contributed by atoms with Crippen molar-refractivity contribution in [2.75, 3.05) is 7.05 Å². The lowest BCUT2D eigenvalue weighted by atomic mass is 10.2. The molecule has 19 heavy (non-hydrogen) atoms. The van der Waals surface area contributed by atoms with E-state index in [9.17, 15) is 9.59 Å². The van der Waals surface area contributed by atoms with Gasteiger partial charge in [-0.2, -0.15) is 0 Å². The molecule has 0 aliphatic heterocycles. The molecule has 0 unspecified atom stereocenters. The van der Waals surface area contributed by atoms with Gasteiger partial charge in [0.2, 0.25) is 0 Å². The van der Waals surface area contributed by atoms with Crippen molar-refractivity contribution in [2.45, 2.75) is 6.54 Å². The van der Waals surface area contributed by atoms with E-state index in [0.717, 1.165) is 5.56 Å². The number of hydrogen-bond donors (Lipinski definition) is 1. The molecular formula is C14H13ClN2O2. The maximum atomic E-state index is 12.1. The van der Waals surface area contributed by atoms with E-state index in [0.29, 0.717) is 11.6 Å². The number of H-pyrrole nitrogens is 1. The molecule has 0 bridgehead atoms. The molecule has 1 aromatic heterocycles. The highest BCUT2D eigenvalue weighted by Gasteiger charge is 2.14. The van der Waals surface area contributed by atoms with E-state index in [-0.39, 0.29) is 17.0 Å². The zero-order valence-electron chi connectivity index (χ0n) is 10.4. The Morgan fingerprint density at radius 3 is 2.58 bits per heavy atom. The van der Waals surface area contributed by atoms with Gasteiger partial charge in [-0.1, -0.05) is 23.7 Å². The summed E-state index contributed by atoms with van der Waals surface area (Å²) < 4.78 is 0. The van der Waals surface area contributed by atoms with Crippen molar-refractivity contribution < 1.29 is 4.79 Å². The summed E-state index contributed by atoms with van der Waals surface area (Å²) in [7, 11) is 1.66. The first-order chi connectivity index (χ1) is 9.08. The minimum absolute atomic E-state index is 0.138. The highest BCUT2D eigenvalue weighted by atomic mass is 35.5. The van der Waals surface area contributed by atoms with E-state index in [2.05, 4.69) is 4.98 Å². The predicted octanol–water partition coefficient (Wildman–Crippen LogP) is 2.30. The summed E-state index contributed by atoms with van der Waals surface area (Å²) in [5, 5.41) is 0.650. The van der Waals surface area contributed by atoms with E-state index in [1.807, 2.05) is 12.1 Å². The van der Waals surface area contributed by atoms with Crippen LogP contribution < -0.4 is 5.56 Å². The average Bonchev–Trinajstić information content (AvgIpc) is 2.41. The van der Waals surface area contributed by atoms with Crippen LogP contribution in [0, 0.1) is 0 Å². The van der Waals surface area contributed by atoms with Gasteiger partial charge in [-0.25, -0.2) is 0 Å². The van der Waals surface area contributed by atoms with Crippen molar-refractivity contribution in [3.8, 4) is 0 Å². The highest BCUT2D eigenvalue weighted by molar-refractivity contribution is 6.30. The second kappa shape index (κ2) is 5.71. The average molecular weight is 277 g/mol. The van der Waals surface area contributed by atoms with E-state index in [1.54, 1.807) is 25.2 Å². The lowest BCUT2D eigenvalue weighted by Gasteiger charge is -2.16. The SMILES string of the molecule is CN(Cc1ccc(Cl)cc1)C(=O)c1ccc[nH]c1=O. The monoisotopic (exact) mass is 276 g/mol. The van der Waals surface area contributed by atoms with Crippen molar-refractivity contribution in [2.24, 2.45) is 0 Å². The number of pyridine rings is 1. The Kier molecular flexibility index (Phi) is 4.02. The largest absolute Gasteiger partial charge is 0.337 e. The van der Waals surface area contributed by atoms with Crippen LogP contribution >= 0.6 is 11.6 Å². The molecule has 0 fully saturated rings. The highest BCUT2D eigenvalue weighted by Crippen LogP contribution is 2.11. The Hall–Kier alpha value is -2.07. The summed E-state index contributed by atoms with van der Waals surface area (Å²) in [5.41, 5.74) is 0.710. The molecule has 98 valence electrons. The van der Waals surface area contributed by atoms with Gasteiger partial charge in [0, 0.05) is 24.8 Å². The Labute approximate surface area is 115 Å². The quantitative estimate of drug-likeness (QED) is 0.935. The molecule has 5 heteroatoms. The Morgan fingerprint density at radius 1 is 1.26 bits per heavy atom. The lowest BCUT2D eigenvalue weighted by molar-refractivity contribution is 0.0783. The smallest absolute Gasteiger partial charge is 0.260 e. The van der Waals surface area contributed by atoms with Gasteiger partial charge >= 0.3 is 0 Å². The summed E-state index contributed by atoms with van der Waals surface area (Å²) >= 11 is 5.80. The summed E-state index contributed by atoms with van der Waals surface area (Å²) in [6.45, 7) is 0.421. The first-order valence-corrected chi connectivity index (χ1v) is 6.13. The van der Waals surface area contributed by atoms with Crippen LogP contribution in [0.25, 0.3) is 0 Å². The number of aromatic nitrogens is 1. The van der Waals surface area contributed by atoms with Crippen LogP contribution in [0.3, 0.4) is 0 Å². The predicted molar refractivity (Wildman–Crippen MR) is 74.3 cm³/mol. The van der Waals surface area contributed by atoms with Gasteiger partial charge < -0.3 is 9.88 Å². The maximum Gasteiger partial charge on any atom is 0.260 e. The molecule has 0 aliphatic carbocycles. The number of rotatable bonds is 3. The van der Waals surface area contributed by atoms with Crippen LogP contribution in [-0.2, 0) is 6.54 Å². The molecule has 4 nitrogen and oxygen atoms in total. The van der Waals surface area contributed by atoms with Gasteiger partial charge in [0.25, 0.3) is 11.5 Å². The molecule has 2 aromatic rings. The van der Waals surface area contributed by atoms with Crippen LogP contribution in [-0.4, -0.2) is 22.8 Å². The molecular weight excluding hydrogens is 264 g/mol. The number of amides is 1. The number of nitrogens with one attached hydrogen (secondary N) is 1. The topological polar surface area (TPSA) is 53.2 Å². The number of carbonyl (C=O) groups excluding carboxylic acids is 1. The van der Waals surface area contributed by atoms with Crippen LogP contribution in [0.15, 0.2) is 47.4 Å². The minimum atomic E-state index is -0.379. The van der Waals surface area contributed by atoms with Crippen molar-refractivity contribution in [3.63, 3.8) is 0 Å². The van der Waals surface area contributed by atoms with Crippen LogP contribution in [0.2, 0.25) is 5.02 Å².